The summed E-state index contributed by atoms with van der Waals surface area (Å²) in [5.74, 6) is 1.23. The molecule has 162 valence electrons. The SMILES string of the molecule is COc1ccc(N(CCC(N)=O)CC(=O)Nc2cc(OC)c(OC)c(OC)c2)cc1. The predicted octanol–water partition coefficient (Wildman–Crippen LogP) is 2.04. The van der Waals surface area contributed by atoms with Crippen LogP contribution >= 0.6 is 0 Å². The normalized spacial score (nSPS) is 10.1. The molecule has 0 aliphatic heterocycles. The molecular formula is C21H27N3O6. The van der Waals surface area contributed by atoms with Crippen molar-refractivity contribution < 1.29 is 28.5 Å². The van der Waals surface area contributed by atoms with E-state index in [4.69, 9.17) is 24.7 Å². The van der Waals surface area contributed by atoms with Gasteiger partial charge in [0, 0.05) is 36.5 Å². The second-order valence-corrected chi connectivity index (χ2v) is 6.30. The molecule has 30 heavy (non-hydrogen) atoms. The molecule has 0 aromatic heterocycles. The largest absolute Gasteiger partial charge is 0.497 e. The third-order valence-corrected chi connectivity index (χ3v) is 4.35. The minimum Gasteiger partial charge on any atom is -0.497 e. The molecule has 0 heterocycles. The van der Waals surface area contributed by atoms with E-state index in [1.54, 1.807) is 36.3 Å². The zero-order valence-electron chi connectivity index (χ0n) is 17.6. The van der Waals surface area contributed by atoms with Crippen LogP contribution < -0.4 is 34.9 Å². The zero-order chi connectivity index (χ0) is 22.1. The molecule has 3 N–H and O–H groups in total. The van der Waals surface area contributed by atoms with Gasteiger partial charge in [-0.1, -0.05) is 0 Å². The molecule has 0 spiro atoms. The minimum atomic E-state index is -0.446. The average molecular weight is 417 g/mol. The second-order valence-electron chi connectivity index (χ2n) is 6.30. The molecule has 2 aromatic carbocycles. The van der Waals surface area contributed by atoms with E-state index >= 15 is 0 Å². The lowest BCUT2D eigenvalue weighted by molar-refractivity contribution is -0.118. The lowest BCUT2D eigenvalue weighted by atomic mass is 10.2. The molecule has 0 radical (unpaired) electrons. The fourth-order valence-corrected chi connectivity index (χ4v) is 2.86. The van der Waals surface area contributed by atoms with E-state index in [9.17, 15) is 9.59 Å². The Balaban J connectivity index is 2.19. The molecule has 0 aliphatic carbocycles. The number of nitrogens with zero attached hydrogens (tertiary/aromatic N) is 1. The number of anilines is 2. The molecule has 9 nitrogen and oxygen atoms in total. The summed E-state index contributed by atoms with van der Waals surface area (Å²) in [6.07, 6.45) is 0.115. The van der Waals surface area contributed by atoms with Gasteiger partial charge in [-0.2, -0.15) is 0 Å². The summed E-state index contributed by atoms with van der Waals surface area (Å²) < 4.78 is 21.1. The summed E-state index contributed by atoms with van der Waals surface area (Å²) in [4.78, 5) is 25.7. The van der Waals surface area contributed by atoms with E-state index in [1.165, 1.54) is 21.3 Å². The molecule has 2 aromatic rings. The van der Waals surface area contributed by atoms with Gasteiger partial charge in [0.25, 0.3) is 0 Å². The fourth-order valence-electron chi connectivity index (χ4n) is 2.86. The van der Waals surface area contributed by atoms with Crippen LogP contribution in [0.2, 0.25) is 0 Å². The maximum absolute atomic E-state index is 12.7. The van der Waals surface area contributed by atoms with Crippen molar-refractivity contribution in [2.45, 2.75) is 6.42 Å². The van der Waals surface area contributed by atoms with Crippen molar-refractivity contribution in [1.82, 2.24) is 0 Å². The number of hydrogen-bond donors (Lipinski definition) is 2. The maximum Gasteiger partial charge on any atom is 0.243 e. The topological polar surface area (TPSA) is 112 Å². The maximum atomic E-state index is 12.7. The molecule has 2 rings (SSSR count). The predicted molar refractivity (Wildman–Crippen MR) is 114 cm³/mol. The summed E-state index contributed by atoms with van der Waals surface area (Å²) in [5, 5.41) is 2.82. The van der Waals surface area contributed by atoms with Crippen LogP contribution in [0, 0.1) is 0 Å². The Morgan fingerprint density at radius 3 is 2.00 bits per heavy atom. The molecule has 9 heteroatoms. The van der Waals surface area contributed by atoms with E-state index in [0.29, 0.717) is 35.2 Å². The summed E-state index contributed by atoms with van der Waals surface area (Å²) in [5.41, 5.74) is 6.53. The zero-order valence-corrected chi connectivity index (χ0v) is 17.6. The summed E-state index contributed by atoms with van der Waals surface area (Å²) >= 11 is 0. The summed E-state index contributed by atoms with van der Waals surface area (Å²) in [7, 11) is 6.07. The van der Waals surface area contributed by atoms with E-state index < -0.39 is 5.91 Å². The fraction of sp³-hybridized carbons (Fsp3) is 0.333. The Bertz CT molecular complexity index is 845. The Morgan fingerprint density at radius 1 is 0.933 bits per heavy atom. The highest BCUT2D eigenvalue weighted by Crippen LogP contribution is 2.39. The Morgan fingerprint density at radius 2 is 1.53 bits per heavy atom. The molecular weight excluding hydrogens is 390 g/mol. The third-order valence-electron chi connectivity index (χ3n) is 4.35. The van der Waals surface area contributed by atoms with E-state index in [0.717, 1.165) is 5.69 Å². The van der Waals surface area contributed by atoms with Gasteiger partial charge >= 0.3 is 0 Å². The molecule has 0 atom stereocenters. The first-order valence-electron chi connectivity index (χ1n) is 9.19. The van der Waals surface area contributed by atoms with Crippen LogP contribution in [0.15, 0.2) is 36.4 Å². The van der Waals surface area contributed by atoms with Crippen LogP contribution in [0.25, 0.3) is 0 Å². The van der Waals surface area contributed by atoms with Crippen molar-refractivity contribution in [1.29, 1.82) is 0 Å². The van der Waals surface area contributed by atoms with Gasteiger partial charge in [-0.3, -0.25) is 9.59 Å². The van der Waals surface area contributed by atoms with Gasteiger partial charge in [0.2, 0.25) is 17.6 Å². The standard InChI is InChI=1S/C21H27N3O6/c1-27-16-7-5-15(6-8-16)24(10-9-19(22)25)13-20(26)23-14-11-17(28-2)21(30-4)18(12-14)29-3/h5-8,11-12H,9-10,13H2,1-4H3,(H2,22,25)(H,23,26). The smallest absolute Gasteiger partial charge is 0.243 e. The number of ether oxygens (including phenoxy) is 4. The van der Waals surface area contributed by atoms with Crippen molar-refractivity contribution in [2.24, 2.45) is 5.73 Å². The number of amides is 2. The van der Waals surface area contributed by atoms with Crippen molar-refractivity contribution in [3.8, 4) is 23.0 Å². The molecule has 0 saturated heterocycles. The van der Waals surface area contributed by atoms with E-state index in [1.807, 2.05) is 12.1 Å². The average Bonchev–Trinajstić information content (AvgIpc) is 2.75. The Hall–Kier alpha value is -3.62. The number of hydrogen-bond acceptors (Lipinski definition) is 7. The number of benzene rings is 2. The van der Waals surface area contributed by atoms with Gasteiger partial charge in [-0.05, 0) is 24.3 Å². The van der Waals surface area contributed by atoms with Gasteiger partial charge in [0.1, 0.15) is 5.75 Å². The first kappa shape index (κ1) is 22.7. The van der Waals surface area contributed by atoms with Crippen molar-refractivity contribution in [3.05, 3.63) is 36.4 Å². The van der Waals surface area contributed by atoms with Gasteiger partial charge in [-0.25, -0.2) is 0 Å². The van der Waals surface area contributed by atoms with Crippen LogP contribution in [0.4, 0.5) is 11.4 Å². The number of rotatable bonds is 11. The van der Waals surface area contributed by atoms with Crippen molar-refractivity contribution in [3.63, 3.8) is 0 Å². The molecule has 2 amide bonds. The van der Waals surface area contributed by atoms with Gasteiger partial charge < -0.3 is 34.9 Å². The van der Waals surface area contributed by atoms with E-state index in [-0.39, 0.29) is 18.9 Å². The first-order valence-corrected chi connectivity index (χ1v) is 9.19. The molecule has 0 aliphatic rings. The molecule has 0 fully saturated rings. The lowest BCUT2D eigenvalue weighted by Crippen LogP contribution is -2.35. The van der Waals surface area contributed by atoms with Crippen LogP contribution in [0.1, 0.15) is 6.42 Å². The molecule has 0 bridgehead atoms. The van der Waals surface area contributed by atoms with Gasteiger partial charge in [-0.15, -0.1) is 0 Å². The van der Waals surface area contributed by atoms with Crippen LogP contribution in [-0.4, -0.2) is 53.3 Å². The van der Waals surface area contributed by atoms with Gasteiger partial charge in [0.05, 0.1) is 35.0 Å². The highest BCUT2D eigenvalue weighted by atomic mass is 16.5. The number of carbonyl (C=O) groups is 2. The highest BCUT2D eigenvalue weighted by molar-refractivity contribution is 5.95. The molecule has 0 saturated carbocycles. The van der Waals surface area contributed by atoms with Gasteiger partial charge in [0.15, 0.2) is 11.5 Å². The van der Waals surface area contributed by atoms with Crippen LogP contribution in [-0.2, 0) is 9.59 Å². The third kappa shape index (κ3) is 5.94. The Kier molecular flexibility index (Phi) is 8.16. The quantitative estimate of drug-likeness (QED) is 0.575. The number of methoxy groups -OCH3 is 4. The summed E-state index contributed by atoms with van der Waals surface area (Å²) in [6.45, 7) is 0.306. The van der Waals surface area contributed by atoms with Crippen molar-refractivity contribution >= 4 is 23.2 Å². The molecule has 0 unspecified atom stereocenters. The van der Waals surface area contributed by atoms with Crippen LogP contribution in [0.5, 0.6) is 23.0 Å². The van der Waals surface area contributed by atoms with Crippen LogP contribution in [0.3, 0.4) is 0 Å². The van der Waals surface area contributed by atoms with Crippen molar-refractivity contribution in [2.75, 3.05) is 51.7 Å². The monoisotopic (exact) mass is 417 g/mol. The number of primary amides is 1. The minimum absolute atomic E-state index is 0.0102. The highest BCUT2D eigenvalue weighted by Gasteiger charge is 2.17. The summed E-state index contributed by atoms with van der Waals surface area (Å²) in [6, 6.07) is 10.5. The number of nitrogens with two attached hydrogens (primary N) is 1. The first-order chi connectivity index (χ1) is 14.4. The number of nitrogens with one attached hydrogen (secondary N) is 1. The Labute approximate surface area is 175 Å². The van der Waals surface area contributed by atoms with E-state index in [2.05, 4.69) is 5.32 Å². The lowest BCUT2D eigenvalue weighted by Gasteiger charge is -2.24. The second kappa shape index (κ2) is 10.8. The number of carbonyl (C=O) groups excluding carboxylic acids is 2.